The number of nitrogens with zero attached hydrogens (tertiary/aromatic N) is 4. The SMILES string of the molecule is Cc1ccc(C(=O)CSc2nnnn2-c2ccccc2C)cc1. The summed E-state index contributed by atoms with van der Waals surface area (Å²) in [5, 5.41) is 12.4. The molecular formula is C17H16N4OS. The average Bonchev–Trinajstić information content (AvgIpc) is 3.02. The van der Waals surface area contributed by atoms with Gasteiger partial charge in [0.2, 0.25) is 5.16 Å². The van der Waals surface area contributed by atoms with Crippen molar-refractivity contribution in [1.82, 2.24) is 20.2 Å². The Kier molecular flexibility index (Phi) is 4.52. The van der Waals surface area contributed by atoms with Gasteiger partial charge in [0.1, 0.15) is 0 Å². The third-order valence-corrected chi connectivity index (χ3v) is 4.41. The van der Waals surface area contributed by atoms with Crippen LogP contribution in [0.2, 0.25) is 0 Å². The predicted octanol–water partition coefficient (Wildman–Crippen LogP) is 3.25. The van der Waals surface area contributed by atoms with E-state index in [4.69, 9.17) is 0 Å². The van der Waals surface area contributed by atoms with E-state index in [-0.39, 0.29) is 5.78 Å². The molecule has 2 aromatic carbocycles. The molecule has 0 saturated carbocycles. The smallest absolute Gasteiger partial charge is 0.214 e. The Hall–Kier alpha value is -2.47. The van der Waals surface area contributed by atoms with Crippen LogP contribution < -0.4 is 0 Å². The number of thioether (sulfide) groups is 1. The van der Waals surface area contributed by atoms with Crippen molar-refractivity contribution >= 4 is 17.5 Å². The number of hydrogen-bond donors (Lipinski definition) is 0. The lowest BCUT2D eigenvalue weighted by atomic mass is 10.1. The Morgan fingerprint density at radius 2 is 1.83 bits per heavy atom. The van der Waals surface area contributed by atoms with Crippen molar-refractivity contribution in [3.05, 3.63) is 65.2 Å². The zero-order chi connectivity index (χ0) is 16.2. The lowest BCUT2D eigenvalue weighted by molar-refractivity contribution is 0.102. The van der Waals surface area contributed by atoms with Crippen LogP contribution in [0.5, 0.6) is 0 Å². The van der Waals surface area contributed by atoms with Crippen molar-refractivity contribution in [2.75, 3.05) is 5.75 Å². The molecule has 0 N–H and O–H groups in total. The van der Waals surface area contributed by atoms with Gasteiger partial charge in [-0.1, -0.05) is 59.8 Å². The van der Waals surface area contributed by atoms with Gasteiger partial charge in [0, 0.05) is 5.56 Å². The topological polar surface area (TPSA) is 60.7 Å². The molecule has 1 heterocycles. The Morgan fingerprint density at radius 3 is 2.57 bits per heavy atom. The molecule has 3 aromatic rings. The third-order valence-electron chi connectivity index (χ3n) is 3.49. The highest BCUT2D eigenvalue weighted by molar-refractivity contribution is 7.99. The van der Waals surface area contributed by atoms with Crippen molar-refractivity contribution in [1.29, 1.82) is 0 Å². The zero-order valence-corrected chi connectivity index (χ0v) is 13.7. The van der Waals surface area contributed by atoms with Crippen LogP contribution in [0.25, 0.3) is 5.69 Å². The predicted molar refractivity (Wildman–Crippen MR) is 90.1 cm³/mol. The summed E-state index contributed by atoms with van der Waals surface area (Å²) in [5.74, 6) is 0.365. The number of benzene rings is 2. The van der Waals surface area contributed by atoms with Gasteiger partial charge in [-0.15, -0.1) is 5.10 Å². The van der Waals surface area contributed by atoms with E-state index in [0.29, 0.717) is 16.5 Å². The first-order valence-corrected chi connectivity index (χ1v) is 8.21. The molecule has 1 aromatic heterocycles. The molecule has 0 unspecified atom stereocenters. The molecule has 0 amide bonds. The van der Waals surface area contributed by atoms with Crippen LogP contribution in [0, 0.1) is 13.8 Å². The Balaban J connectivity index is 1.75. The summed E-state index contributed by atoms with van der Waals surface area (Å²) < 4.78 is 1.67. The lowest BCUT2D eigenvalue weighted by Crippen LogP contribution is -2.05. The quantitative estimate of drug-likeness (QED) is 0.532. The minimum Gasteiger partial charge on any atom is -0.293 e. The summed E-state index contributed by atoms with van der Waals surface area (Å²) in [7, 11) is 0. The van der Waals surface area contributed by atoms with Gasteiger partial charge in [0.05, 0.1) is 11.4 Å². The number of aromatic nitrogens is 4. The van der Waals surface area contributed by atoms with Gasteiger partial charge in [0.25, 0.3) is 0 Å². The highest BCUT2D eigenvalue weighted by atomic mass is 32.2. The third kappa shape index (κ3) is 3.48. The van der Waals surface area contributed by atoms with Crippen molar-refractivity contribution in [3.63, 3.8) is 0 Å². The second kappa shape index (κ2) is 6.75. The van der Waals surface area contributed by atoms with Crippen LogP contribution in [0.4, 0.5) is 0 Å². The number of para-hydroxylation sites is 1. The first-order valence-electron chi connectivity index (χ1n) is 7.22. The Morgan fingerprint density at radius 1 is 1.09 bits per heavy atom. The molecule has 0 spiro atoms. The number of tetrazole rings is 1. The molecule has 116 valence electrons. The molecule has 0 aliphatic rings. The molecule has 0 bridgehead atoms. The van der Waals surface area contributed by atoms with Crippen LogP contribution in [-0.4, -0.2) is 31.7 Å². The van der Waals surface area contributed by atoms with E-state index in [1.54, 1.807) is 4.68 Å². The van der Waals surface area contributed by atoms with Crippen molar-refractivity contribution < 1.29 is 4.79 Å². The Bertz CT molecular complexity index is 827. The number of carbonyl (C=O) groups excluding carboxylic acids is 1. The van der Waals surface area contributed by atoms with Gasteiger partial charge in [-0.2, -0.15) is 4.68 Å². The summed E-state index contributed by atoms with van der Waals surface area (Å²) in [6.45, 7) is 4.00. The number of aryl methyl sites for hydroxylation is 2. The van der Waals surface area contributed by atoms with Crippen LogP contribution in [0.15, 0.2) is 53.7 Å². The highest BCUT2D eigenvalue weighted by Gasteiger charge is 2.13. The second-order valence-corrected chi connectivity index (χ2v) is 6.18. The molecule has 3 rings (SSSR count). The molecule has 6 heteroatoms. The summed E-state index contributed by atoms with van der Waals surface area (Å²) >= 11 is 1.34. The normalized spacial score (nSPS) is 10.7. The monoisotopic (exact) mass is 324 g/mol. The first-order chi connectivity index (χ1) is 11.1. The van der Waals surface area contributed by atoms with Crippen LogP contribution in [-0.2, 0) is 0 Å². The molecule has 0 aliphatic carbocycles. The largest absolute Gasteiger partial charge is 0.293 e. The fraction of sp³-hybridized carbons (Fsp3) is 0.176. The standard InChI is InChI=1S/C17H16N4OS/c1-12-7-9-14(10-8-12)16(22)11-23-17-18-19-20-21(17)15-6-4-3-5-13(15)2/h3-10H,11H2,1-2H3. The maximum absolute atomic E-state index is 12.3. The van der Waals surface area contributed by atoms with Gasteiger partial charge < -0.3 is 0 Å². The maximum Gasteiger partial charge on any atom is 0.214 e. The molecule has 0 fully saturated rings. The van der Waals surface area contributed by atoms with E-state index in [1.165, 1.54) is 11.8 Å². The Labute approximate surface area is 138 Å². The molecule has 5 nitrogen and oxygen atoms in total. The zero-order valence-electron chi connectivity index (χ0n) is 12.9. The van der Waals surface area contributed by atoms with Gasteiger partial charge in [-0.3, -0.25) is 4.79 Å². The highest BCUT2D eigenvalue weighted by Crippen LogP contribution is 2.21. The van der Waals surface area contributed by atoms with Crippen molar-refractivity contribution in [3.8, 4) is 5.69 Å². The number of carbonyl (C=O) groups is 1. The van der Waals surface area contributed by atoms with Gasteiger partial charge >= 0.3 is 0 Å². The van der Waals surface area contributed by atoms with E-state index >= 15 is 0 Å². The fourth-order valence-electron chi connectivity index (χ4n) is 2.17. The number of hydrogen-bond acceptors (Lipinski definition) is 5. The second-order valence-electron chi connectivity index (χ2n) is 5.24. The molecule has 0 radical (unpaired) electrons. The molecule has 0 atom stereocenters. The minimum absolute atomic E-state index is 0.0642. The van der Waals surface area contributed by atoms with E-state index in [2.05, 4.69) is 15.5 Å². The van der Waals surface area contributed by atoms with Crippen molar-refractivity contribution in [2.45, 2.75) is 19.0 Å². The van der Waals surface area contributed by atoms with Crippen molar-refractivity contribution in [2.24, 2.45) is 0 Å². The number of Topliss-reactive ketones (excluding diaryl/α,β-unsaturated/α-hetero) is 1. The molecule has 23 heavy (non-hydrogen) atoms. The molecule has 0 saturated heterocycles. The summed E-state index contributed by atoms with van der Waals surface area (Å²) in [4.78, 5) is 12.3. The van der Waals surface area contributed by atoms with E-state index in [9.17, 15) is 4.79 Å². The van der Waals surface area contributed by atoms with Gasteiger partial charge in [0.15, 0.2) is 5.78 Å². The first kappa shape index (κ1) is 15.4. The van der Waals surface area contributed by atoms with E-state index < -0.39 is 0 Å². The fourth-order valence-corrected chi connectivity index (χ4v) is 2.95. The number of rotatable bonds is 5. The van der Waals surface area contributed by atoms with E-state index in [1.807, 2.05) is 62.4 Å². The molecular weight excluding hydrogens is 308 g/mol. The molecule has 0 aliphatic heterocycles. The van der Waals surface area contributed by atoms with Crippen LogP contribution in [0.1, 0.15) is 21.5 Å². The maximum atomic E-state index is 12.3. The van der Waals surface area contributed by atoms with E-state index in [0.717, 1.165) is 16.8 Å². The minimum atomic E-state index is 0.0642. The van der Waals surface area contributed by atoms with Gasteiger partial charge in [-0.05, 0) is 35.9 Å². The summed E-state index contributed by atoms with van der Waals surface area (Å²) in [5.41, 5.74) is 3.84. The van der Waals surface area contributed by atoms with Gasteiger partial charge in [-0.25, -0.2) is 0 Å². The summed E-state index contributed by atoms with van der Waals surface area (Å²) in [6, 6.07) is 15.4. The lowest BCUT2D eigenvalue weighted by Gasteiger charge is -2.07. The summed E-state index contributed by atoms with van der Waals surface area (Å²) in [6.07, 6.45) is 0. The average molecular weight is 324 g/mol. The number of ketones is 1. The van der Waals surface area contributed by atoms with Crippen LogP contribution in [0.3, 0.4) is 0 Å². The van der Waals surface area contributed by atoms with Crippen LogP contribution >= 0.6 is 11.8 Å².